The molecule has 122 valence electrons. The molecular formula is C15H20O7. The number of hydrogen-bond donors (Lipinski definition) is 3. The highest BCUT2D eigenvalue weighted by molar-refractivity contribution is 5.93. The molecule has 1 rings (SSSR count). The molecule has 0 aliphatic carbocycles. The predicted molar refractivity (Wildman–Crippen MR) is 76.4 cm³/mol. The number of carbonyl (C=O) groups excluding carboxylic acids is 2. The average Bonchev–Trinajstić information content (AvgIpc) is 2.56. The number of ether oxygens (including phenoxy) is 2. The van der Waals surface area contributed by atoms with Crippen molar-refractivity contribution in [3.63, 3.8) is 0 Å². The maximum absolute atomic E-state index is 11.7. The smallest absolute Gasteiger partial charge is 0.338 e. The van der Waals surface area contributed by atoms with Gasteiger partial charge in [0, 0.05) is 6.61 Å². The standard InChI is InChI=1S/C15H20O7/c16-7-1-2-8-21-14(19)11-3-5-12(6-4-11)15(20)22-10-13(18)9-17/h3-6,13,16-18H,1-2,7-10H2. The molecule has 0 aliphatic heterocycles. The molecule has 1 aromatic carbocycles. The zero-order valence-corrected chi connectivity index (χ0v) is 12.1. The van der Waals surface area contributed by atoms with Gasteiger partial charge in [-0.1, -0.05) is 0 Å². The first kappa shape index (κ1) is 18.1. The van der Waals surface area contributed by atoms with E-state index >= 15 is 0 Å². The van der Waals surface area contributed by atoms with E-state index in [4.69, 9.17) is 24.8 Å². The van der Waals surface area contributed by atoms with E-state index in [1.165, 1.54) is 24.3 Å². The highest BCUT2D eigenvalue weighted by atomic mass is 16.5. The van der Waals surface area contributed by atoms with Crippen LogP contribution in [0.15, 0.2) is 24.3 Å². The molecule has 0 fully saturated rings. The van der Waals surface area contributed by atoms with E-state index in [9.17, 15) is 9.59 Å². The molecule has 0 saturated carbocycles. The van der Waals surface area contributed by atoms with Gasteiger partial charge in [0.15, 0.2) is 0 Å². The SMILES string of the molecule is O=C(OCCCCO)c1ccc(C(=O)OCC(O)CO)cc1. The van der Waals surface area contributed by atoms with Crippen LogP contribution in [0.1, 0.15) is 33.6 Å². The Kier molecular flexibility index (Phi) is 8.13. The van der Waals surface area contributed by atoms with E-state index in [1.807, 2.05) is 0 Å². The summed E-state index contributed by atoms with van der Waals surface area (Å²) in [5, 5.41) is 26.3. The van der Waals surface area contributed by atoms with Crippen molar-refractivity contribution in [2.45, 2.75) is 18.9 Å². The first-order chi connectivity index (χ1) is 10.6. The van der Waals surface area contributed by atoms with Crippen molar-refractivity contribution >= 4 is 11.9 Å². The summed E-state index contributed by atoms with van der Waals surface area (Å²) in [7, 11) is 0. The number of rotatable bonds is 9. The summed E-state index contributed by atoms with van der Waals surface area (Å²) >= 11 is 0. The number of carbonyl (C=O) groups is 2. The summed E-state index contributed by atoms with van der Waals surface area (Å²) in [5.41, 5.74) is 0.526. The molecule has 0 heterocycles. The highest BCUT2D eigenvalue weighted by Crippen LogP contribution is 2.08. The first-order valence-electron chi connectivity index (χ1n) is 6.92. The molecule has 3 N–H and O–H groups in total. The molecule has 22 heavy (non-hydrogen) atoms. The Morgan fingerprint density at radius 3 is 2.00 bits per heavy atom. The second kappa shape index (κ2) is 9.88. The zero-order chi connectivity index (χ0) is 16.4. The molecule has 7 nitrogen and oxygen atoms in total. The van der Waals surface area contributed by atoms with Crippen molar-refractivity contribution in [2.75, 3.05) is 26.4 Å². The third-order valence-electron chi connectivity index (χ3n) is 2.76. The van der Waals surface area contributed by atoms with Gasteiger partial charge in [0.05, 0.1) is 24.3 Å². The van der Waals surface area contributed by atoms with E-state index in [0.717, 1.165) is 0 Å². The molecule has 0 aliphatic rings. The summed E-state index contributed by atoms with van der Waals surface area (Å²) in [6.07, 6.45) is 0.0366. The van der Waals surface area contributed by atoms with Gasteiger partial charge in [-0.15, -0.1) is 0 Å². The van der Waals surface area contributed by atoms with Gasteiger partial charge in [-0.2, -0.15) is 0 Å². The summed E-state index contributed by atoms with van der Waals surface area (Å²) in [4.78, 5) is 23.3. The number of unbranched alkanes of at least 4 members (excludes halogenated alkanes) is 1. The van der Waals surface area contributed by atoms with Crippen LogP contribution in [0.4, 0.5) is 0 Å². The minimum absolute atomic E-state index is 0.0549. The van der Waals surface area contributed by atoms with Gasteiger partial charge in [0.2, 0.25) is 0 Å². The van der Waals surface area contributed by atoms with Crippen LogP contribution in [0.25, 0.3) is 0 Å². The van der Waals surface area contributed by atoms with E-state index in [0.29, 0.717) is 18.4 Å². The van der Waals surface area contributed by atoms with Gasteiger partial charge >= 0.3 is 11.9 Å². The molecule has 0 aromatic heterocycles. The lowest BCUT2D eigenvalue weighted by Gasteiger charge is -2.09. The van der Waals surface area contributed by atoms with Crippen molar-refractivity contribution in [3.8, 4) is 0 Å². The second-order valence-electron chi connectivity index (χ2n) is 4.58. The van der Waals surface area contributed by atoms with Crippen LogP contribution in [-0.2, 0) is 9.47 Å². The minimum Gasteiger partial charge on any atom is -0.462 e. The fourth-order valence-electron chi connectivity index (χ4n) is 1.51. The third-order valence-corrected chi connectivity index (χ3v) is 2.76. The van der Waals surface area contributed by atoms with E-state index in [-0.39, 0.29) is 25.4 Å². The van der Waals surface area contributed by atoms with Gasteiger partial charge in [-0.05, 0) is 37.1 Å². The van der Waals surface area contributed by atoms with Crippen LogP contribution < -0.4 is 0 Å². The first-order valence-corrected chi connectivity index (χ1v) is 6.92. The van der Waals surface area contributed by atoms with Gasteiger partial charge in [-0.3, -0.25) is 0 Å². The minimum atomic E-state index is -1.11. The fraction of sp³-hybridized carbons (Fsp3) is 0.467. The summed E-state index contributed by atoms with van der Waals surface area (Å²) in [5.74, 6) is -1.16. The number of aliphatic hydroxyl groups is 3. The van der Waals surface area contributed by atoms with Crippen molar-refractivity contribution in [2.24, 2.45) is 0 Å². The van der Waals surface area contributed by atoms with Crippen LogP contribution in [-0.4, -0.2) is 59.8 Å². The summed E-state index contributed by atoms with van der Waals surface area (Å²) in [6, 6.07) is 5.71. The number of esters is 2. The summed E-state index contributed by atoms with van der Waals surface area (Å²) < 4.78 is 9.78. The molecule has 0 amide bonds. The molecule has 0 saturated heterocycles. The normalized spacial score (nSPS) is 11.8. The number of benzene rings is 1. The number of hydrogen-bond acceptors (Lipinski definition) is 7. The molecule has 7 heteroatoms. The lowest BCUT2D eigenvalue weighted by molar-refractivity contribution is 0.00931. The van der Waals surface area contributed by atoms with Gasteiger partial charge in [0.1, 0.15) is 12.7 Å². The van der Waals surface area contributed by atoms with Gasteiger partial charge < -0.3 is 24.8 Å². The summed E-state index contributed by atoms with van der Waals surface area (Å²) in [6.45, 7) is -0.514. The molecule has 0 spiro atoms. The molecule has 0 bridgehead atoms. The Bertz CT molecular complexity index is 469. The van der Waals surface area contributed by atoms with Crippen molar-refractivity contribution in [3.05, 3.63) is 35.4 Å². The Morgan fingerprint density at radius 1 is 0.955 bits per heavy atom. The average molecular weight is 312 g/mol. The topological polar surface area (TPSA) is 113 Å². The number of aliphatic hydroxyl groups excluding tert-OH is 3. The van der Waals surface area contributed by atoms with Crippen molar-refractivity contribution in [1.29, 1.82) is 0 Å². The predicted octanol–water partition coefficient (Wildman–Crippen LogP) is 0.126. The monoisotopic (exact) mass is 312 g/mol. The van der Waals surface area contributed by atoms with E-state index in [2.05, 4.69) is 0 Å². The fourth-order valence-corrected chi connectivity index (χ4v) is 1.51. The van der Waals surface area contributed by atoms with Crippen LogP contribution in [0.2, 0.25) is 0 Å². The lowest BCUT2D eigenvalue weighted by atomic mass is 10.1. The molecule has 1 unspecified atom stereocenters. The quantitative estimate of drug-likeness (QED) is 0.438. The Morgan fingerprint density at radius 2 is 1.50 bits per heavy atom. The lowest BCUT2D eigenvalue weighted by Crippen LogP contribution is -2.22. The van der Waals surface area contributed by atoms with Crippen LogP contribution in [0.5, 0.6) is 0 Å². The van der Waals surface area contributed by atoms with E-state index < -0.39 is 24.6 Å². The highest BCUT2D eigenvalue weighted by Gasteiger charge is 2.12. The second-order valence-corrected chi connectivity index (χ2v) is 4.58. The van der Waals surface area contributed by atoms with Crippen molar-refractivity contribution in [1.82, 2.24) is 0 Å². The molecular weight excluding hydrogens is 292 g/mol. The molecule has 0 radical (unpaired) electrons. The van der Waals surface area contributed by atoms with Crippen LogP contribution in [0, 0.1) is 0 Å². The Hall–Kier alpha value is -1.96. The van der Waals surface area contributed by atoms with Crippen LogP contribution in [0.3, 0.4) is 0 Å². The Labute approximate surface area is 128 Å². The Balaban J connectivity index is 2.48. The molecule has 1 aromatic rings. The van der Waals surface area contributed by atoms with Crippen molar-refractivity contribution < 1.29 is 34.4 Å². The third kappa shape index (κ3) is 6.21. The largest absolute Gasteiger partial charge is 0.462 e. The molecule has 1 atom stereocenters. The van der Waals surface area contributed by atoms with Gasteiger partial charge in [-0.25, -0.2) is 9.59 Å². The zero-order valence-electron chi connectivity index (χ0n) is 12.1. The maximum Gasteiger partial charge on any atom is 0.338 e. The van der Waals surface area contributed by atoms with Crippen LogP contribution >= 0.6 is 0 Å². The van der Waals surface area contributed by atoms with Gasteiger partial charge in [0.25, 0.3) is 0 Å². The maximum atomic E-state index is 11.7. The van der Waals surface area contributed by atoms with E-state index in [1.54, 1.807) is 0 Å².